The van der Waals surface area contributed by atoms with Crippen molar-refractivity contribution in [1.82, 2.24) is 4.57 Å². The Labute approximate surface area is 186 Å². The highest BCUT2D eigenvalue weighted by molar-refractivity contribution is 6.16. The molecule has 160 valence electrons. The molecule has 1 aliphatic rings. The van der Waals surface area contributed by atoms with Gasteiger partial charge >= 0.3 is 5.97 Å². The molecule has 5 heteroatoms. The van der Waals surface area contributed by atoms with Crippen LogP contribution in [-0.2, 0) is 11.3 Å². The molecular formula is C27H23NO4. The average molecular weight is 425 g/mol. The van der Waals surface area contributed by atoms with Gasteiger partial charge in [-0.1, -0.05) is 66.7 Å². The summed E-state index contributed by atoms with van der Waals surface area (Å²) in [5.74, 6) is 0.657. The Bertz CT molecular complexity index is 1320. The van der Waals surface area contributed by atoms with Crippen molar-refractivity contribution in [3.8, 4) is 33.9 Å². The topological polar surface area (TPSA) is 49.7 Å². The quantitative estimate of drug-likeness (QED) is 0.310. The number of rotatable bonds is 4. The van der Waals surface area contributed by atoms with Crippen LogP contribution < -0.4 is 9.47 Å². The van der Waals surface area contributed by atoms with E-state index in [9.17, 15) is 4.79 Å². The molecule has 32 heavy (non-hydrogen) atoms. The van der Waals surface area contributed by atoms with Crippen LogP contribution in [0.3, 0.4) is 0 Å². The normalized spacial score (nSPS) is 14.2. The van der Waals surface area contributed by atoms with Crippen molar-refractivity contribution >= 4 is 16.9 Å². The Hall–Kier alpha value is -3.99. The van der Waals surface area contributed by atoms with Gasteiger partial charge in [-0.05, 0) is 17.2 Å². The second kappa shape index (κ2) is 8.27. The maximum absolute atomic E-state index is 13.2. The van der Waals surface area contributed by atoms with E-state index in [-0.39, 0.29) is 6.61 Å². The van der Waals surface area contributed by atoms with Crippen molar-refractivity contribution in [3.05, 3.63) is 84.4 Å². The smallest absolute Gasteiger partial charge is 0.344 e. The van der Waals surface area contributed by atoms with Gasteiger partial charge in [0.25, 0.3) is 0 Å². The number of allylic oxidation sites excluding steroid dienone is 1. The number of ether oxygens (including phenoxy) is 3. The van der Waals surface area contributed by atoms with Gasteiger partial charge in [0.2, 0.25) is 0 Å². The molecule has 0 atom stereocenters. The first kappa shape index (κ1) is 19.9. The summed E-state index contributed by atoms with van der Waals surface area (Å²) in [6.45, 7) is 0.792. The molecule has 0 saturated heterocycles. The summed E-state index contributed by atoms with van der Waals surface area (Å²) in [4.78, 5) is 13.2. The molecule has 0 amide bonds. The lowest BCUT2D eigenvalue weighted by molar-refractivity contribution is 0.0548. The number of carbonyl (C=O) groups excluding carboxylic acids is 1. The Morgan fingerprint density at radius 1 is 0.812 bits per heavy atom. The first-order chi connectivity index (χ1) is 15.7. The summed E-state index contributed by atoms with van der Waals surface area (Å²) in [6.07, 6.45) is 3.89. The van der Waals surface area contributed by atoms with Gasteiger partial charge in [-0.3, -0.25) is 0 Å². The van der Waals surface area contributed by atoms with Gasteiger partial charge in [0, 0.05) is 18.2 Å². The second-order valence-electron chi connectivity index (χ2n) is 7.52. The van der Waals surface area contributed by atoms with Crippen molar-refractivity contribution in [1.29, 1.82) is 0 Å². The molecule has 0 radical (unpaired) electrons. The summed E-state index contributed by atoms with van der Waals surface area (Å²) >= 11 is 0. The van der Waals surface area contributed by atoms with Gasteiger partial charge in [0.05, 0.1) is 30.8 Å². The predicted octanol–water partition coefficient (Wildman–Crippen LogP) is 5.72. The third kappa shape index (κ3) is 3.14. The molecule has 2 heterocycles. The van der Waals surface area contributed by atoms with E-state index in [1.54, 1.807) is 20.3 Å². The van der Waals surface area contributed by atoms with Crippen molar-refractivity contribution in [2.24, 2.45) is 0 Å². The van der Waals surface area contributed by atoms with Crippen LogP contribution in [0.15, 0.2) is 78.9 Å². The van der Waals surface area contributed by atoms with Crippen LogP contribution in [0.25, 0.3) is 33.3 Å². The largest absolute Gasteiger partial charge is 0.496 e. The Morgan fingerprint density at radius 3 is 2.12 bits per heavy atom. The third-order valence-corrected chi connectivity index (χ3v) is 5.77. The van der Waals surface area contributed by atoms with Gasteiger partial charge in [0.15, 0.2) is 0 Å². The summed E-state index contributed by atoms with van der Waals surface area (Å²) in [6, 6.07) is 22.2. The molecule has 0 N–H and O–H groups in total. The fourth-order valence-electron chi connectivity index (χ4n) is 4.43. The van der Waals surface area contributed by atoms with Crippen molar-refractivity contribution in [2.45, 2.75) is 6.54 Å². The van der Waals surface area contributed by atoms with Gasteiger partial charge in [-0.2, -0.15) is 0 Å². The molecule has 1 aliphatic heterocycles. The summed E-state index contributed by atoms with van der Waals surface area (Å²) < 4.78 is 19.2. The zero-order valence-corrected chi connectivity index (χ0v) is 18.0. The van der Waals surface area contributed by atoms with Crippen LogP contribution in [0.2, 0.25) is 0 Å². The number of esters is 1. The summed E-state index contributed by atoms with van der Waals surface area (Å²) in [5, 5.41) is 0.862. The molecular weight excluding hydrogens is 402 g/mol. The van der Waals surface area contributed by atoms with Crippen molar-refractivity contribution in [3.63, 3.8) is 0 Å². The molecule has 0 spiro atoms. The number of nitrogens with zero attached hydrogens (tertiary/aromatic N) is 1. The van der Waals surface area contributed by atoms with Crippen molar-refractivity contribution in [2.75, 3.05) is 20.8 Å². The molecule has 0 bridgehead atoms. The van der Waals surface area contributed by atoms with Gasteiger partial charge in [-0.15, -0.1) is 0 Å². The molecule has 5 rings (SSSR count). The molecule has 0 unspecified atom stereocenters. The number of benzene rings is 3. The molecule has 0 saturated carbocycles. The minimum atomic E-state index is -0.418. The highest BCUT2D eigenvalue weighted by atomic mass is 16.5. The number of hydrogen-bond donors (Lipinski definition) is 0. The minimum absolute atomic E-state index is 0.215. The van der Waals surface area contributed by atoms with E-state index >= 15 is 0 Å². The zero-order chi connectivity index (χ0) is 22.1. The fourth-order valence-corrected chi connectivity index (χ4v) is 4.43. The molecule has 5 nitrogen and oxygen atoms in total. The maximum atomic E-state index is 13.2. The molecule has 3 aromatic carbocycles. The number of hydrogen-bond acceptors (Lipinski definition) is 4. The number of aromatic nitrogens is 1. The van der Waals surface area contributed by atoms with Crippen LogP contribution in [0, 0.1) is 0 Å². The summed E-state index contributed by atoms with van der Waals surface area (Å²) in [7, 11) is 3.19. The van der Waals surface area contributed by atoms with Crippen LogP contribution in [-0.4, -0.2) is 31.4 Å². The van der Waals surface area contributed by atoms with Gasteiger partial charge < -0.3 is 18.8 Å². The lowest BCUT2D eigenvalue weighted by Gasteiger charge is -2.14. The van der Waals surface area contributed by atoms with Crippen LogP contribution in [0.4, 0.5) is 0 Å². The van der Waals surface area contributed by atoms with E-state index in [4.69, 9.17) is 14.2 Å². The lowest BCUT2D eigenvalue weighted by atomic mass is 9.96. The van der Waals surface area contributed by atoms with Gasteiger partial charge in [-0.25, -0.2) is 4.79 Å². The van der Waals surface area contributed by atoms with Crippen LogP contribution in [0.1, 0.15) is 10.4 Å². The van der Waals surface area contributed by atoms with E-state index in [1.165, 1.54) is 0 Å². The highest BCUT2D eigenvalue weighted by Gasteiger charge is 2.30. The lowest BCUT2D eigenvalue weighted by Crippen LogP contribution is -2.09. The van der Waals surface area contributed by atoms with Crippen molar-refractivity contribution < 1.29 is 19.0 Å². The minimum Gasteiger partial charge on any atom is -0.496 e. The zero-order valence-electron chi connectivity index (χ0n) is 18.0. The second-order valence-corrected chi connectivity index (χ2v) is 7.52. The number of cyclic esters (lactones) is 1. The predicted molar refractivity (Wildman–Crippen MR) is 125 cm³/mol. The number of methoxy groups -OCH3 is 2. The van der Waals surface area contributed by atoms with E-state index in [2.05, 4.69) is 28.8 Å². The van der Waals surface area contributed by atoms with Crippen LogP contribution in [0.5, 0.6) is 11.5 Å². The van der Waals surface area contributed by atoms with E-state index < -0.39 is 5.97 Å². The number of carbonyl (C=O) groups is 1. The standard InChI is InChI=1S/C27H23NO4/c1-30-20-17-21(31-2)24-26-23(20)22(18-11-5-3-6-12-18)25(19-13-7-4-8-14-19)28(26)15-9-10-16-32-27(24)29/h3-14,17H,15-16H2,1-2H3/b10-9-. The maximum Gasteiger partial charge on any atom is 0.344 e. The summed E-state index contributed by atoms with van der Waals surface area (Å²) in [5.41, 5.74) is 5.27. The van der Waals surface area contributed by atoms with Crippen LogP contribution >= 0.6 is 0 Å². The molecule has 0 fully saturated rings. The molecule has 1 aromatic heterocycles. The highest BCUT2D eigenvalue weighted by Crippen LogP contribution is 2.48. The SMILES string of the molecule is COc1cc(OC)c2c(-c3ccccc3)c(-c3ccccc3)n3c2c1C(=O)OC/C=C\C3. The van der Waals surface area contributed by atoms with Gasteiger partial charge in [0.1, 0.15) is 23.7 Å². The first-order valence-electron chi connectivity index (χ1n) is 10.5. The third-order valence-electron chi connectivity index (χ3n) is 5.77. The van der Waals surface area contributed by atoms with E-state index in [0.29, 0.717) is 23.6 Å². The fraction of sp³-hybridized carbons (Fsp3) is 0.148. The monoisotopic (exact) mass is 425 g/mol. The molecule has 4 aromatic rings. The first-order valence-corrected chi connectivity index (χ1v) is 10.5. The van der Waals surface area contributed by atoms with E-state index in [1.807, 2.05) is 48.6 Å². The Balaban J connectivity index is 2.04. The Kier molecular flexibility index (Phi) is 5.15. The Morgan fingerprint density at radius 2 is 1.47 bits per heavy atom. The average Bonchev–Trinajstić information content (AvgIpc) is 3.21. The van der Waals surface area contributed by atoms with E-state index in [0.717, 1.165) is 33.3 Å². The molecule has 0 aliphatic carbocycles.